The number of hydrogen-bond donors (Lipinski definition) is 2. The largest absolute Gasteiger partial charge is 0.345 e. The summed E-state index contributed by atoms with van der Waals surface area (Å²) in [5, 5.41) is 10.1. The molecule has 9 heteroatoms. The fourth-order valence-electron chi connectivity index (χ4n) is 5.18. The Morgan fingerprint density at radius 1 is 1.19 bits per heavy atom. The summed E-state index contributed by atoms with van der Waals surface area (Å²) in [6, 6.07) is 4.66. The lowest BCUT2D eigenvalue weighted by Crippen LogP contribution is -2.53. The number of benzene rings is 1. The molecule has 2 atom stereocenters. The standard InChI is InChI=1S/C22H24ClN7O/c1-3-29-11-16-17(27-29)7-6-14(19(16)23)15-10-25-20-18(15)21(31)28(2)22(26-20)30-12-4-5-13(30)9-24-8-12/h6-7,10-13,24-25H,3-5,8-9H2,1-2H3. The van der Waals surface area contributed by atoms with Crippen LogP contribution in [0.3, 0.4) is 0 Å². The minimum atomic E-state index is -0.0606. The average molecular weight is 438 g/mol. The van der Waals surface area contributed by atoms with E-state index in [2.05, 4.69) is 20.3 Å². The molecular formula is C22H24ClN7O. The zero-order valence-electron chi connectivity index (χ0n) is 17.5. The number of aryl methyl sites for hydroxylation is 1. The van der Waals surface area contributed by atoms with Gasteiger partial charge in [0.05, 0.1) is 15.9 Å². The second-order valence-corrected chi connectivity index (χ2v) is 8.88. The molecule has 0 aliphatic carbocycles. The molecule has 2 aliphatic rings. The Labute approximate surface area is 183 Å². The van der Waals surface area contributed by atoms with E-state index in [1.807, 2.05) is 43.2 Å². The Balaban J connectivity index is 1.52. The van der Waals surface area contributed by atoms with Crippen molar-refractivity contribution >= 4 is 39.5 Å². The summed E-state index contributed by atoms with van der Waals surface area (Å²) in [7, 11) is 1.82. The first-order valence-corrected chi connectivity index (χ1v) is 11.2. The van der Waals surface area contributed by atoms with E-state index in [9.17, 15) is 4.79 Å². The van der Waals surface area contributed by atoms with Crippen molar-refractivity contribution in [1.29, 1.82) is 0 Å². The van der Waals surface area contributed by atoms with Crippen molar-refractivity contribution in [2.75, 3.05) is 18.0 Å². The number of nitrogens with zero attached hydrogens (tertiary/aromatic N) is 5. The average Bonchev–Trinajstić information content (AvgIpc) is 3.45. The molecule has 2 bridgehead atoms. The highest BCUT2D eigenvalue weighted by atomic mass is 35.5. The smallest absolute Gasteiger partial charge is 0.264 e. The van der Waals surface area contributed by atoms with Crippen molar-refractivity contribution < 1.29 is 0 Å². The zero-order chi connectivity index (χ0) is 21.3. The Hall–Kier alpha value is -2.84. The number of H-pyrrole nitrogens is 1. The maximum Gasteiger partial charge on any atom is 0.264 e. The fourth-order valence-corrected chi connectivity index (χ4v) is 5.49. The number of aromatic amines is 1. The molecule has 0 saturated carbocycles. The Morgan fingerprint density at radius 3 is 2.71 bits per heavy atom. The van der Waals surface area contributed by atoms with Gasteiger partial charge in [0.2, 0.25) is 5.95 Å². The van der Waals surface area contributed by atoms with Gasteiger partial charge in [0.15, 0.2) is 0 Å². The molecule has 5 heterocycles. The van der Waals surface area contributed by atoms with Crippen LogP contribution in [0.25, 0.3) is 33.1 Å². The van der Waals surface area contributed by atoms with Crippen molar-refractivity contribution in [3.63, 3.8) is 0 Å². The third kappa shape index (κ3) is 2.68. The molecule has 160 valence electrons. The number of hydrogen-bond acceptors (Lipinski definition) is 5. The predicted molar refractivity (Wildman–Crippen MR) is 123 cm³/mol. The second kappa shape index (κ2) is 6.83. The van der Waals surface area contributed by atoms with Crippen molar-refractivity contribution in [3.8, 4) is 11.1 Å². The summed E-state index contributed by atoms with van der Waals surface area (Å²) in [5.41, 5.74) is 2.97. The molecule has 2 N–H and O–H groups in total. The minimum absolute atomic E-state index is 0.0606. The van der Waals surface area contributed by atoms with Crippen molar-refractivity contribution in [2.45, 2.75) is 38.4 Å². The third-order valence-corrected chi connectivity index (χ3v) is 7.19. The lowest BCUT2D eigenvalue weighted by Gasteiger charge is -2.36. The van der Waals surface area contributed by atoms with Crippen LogP contribution >= 0.6 is 11.6 Å². The van der Waals surface area contributed by atoms with Crippen molar-refractivity contribution in [2.24, 2.45) is 7.05 Å². The summed E-state index contributed by atoms with van der Waals surface area (Å²) >= 11 is 6.78. The molecule has 0 amide bonds. The second-order valence-electron chi connectivity index (χ2n) is 8.50. The highest BCUT2D eigenvalue weighted by Crippen LogP contribution is 2.37. The van der Waals surface area contributed by atoms with Crippen LogP contribution in [0.15, 0.2) is 29.3 Å². The van der Waals surface area contributed by atoms with E-state index in [0.717, 1.165) is 60.5 Å². The van der Waals surface area contributed by atoms with Crippen LogP contribution in [0.4, 0.5) is 5.95 Å². The number of piperazine rings is 1. The van der Waals surface area contributed by atoms with E-state index in [0.29, 0.717) is 28.1 Å². The zero-order valence-corrected chi connectivity index (χ0v) is 18.3. The minimum Gasteiger partial charge on any atom is -0.345 e. The van der Waals surface area contributed by atoms with Crippen LogP contribution in [0.2, 0.25) is 5.02 Å². The van der Waals surface area contributed by atoms with Crippen molar-refractivity contribution in [3.05, 3.63) is 39.9 Å². The van der Waals surface area contributed by atoms with E-state index >= 15 is 0 Å². The first kappa shape index (κ1) is 18.9. The highest BCUT2D eigenvalue weighted by Gasteiger charge is 2.38. The maximum atomic E-state index is 13.5. The number of aromatic nitrogens is 5. The third-order valence-electron chi connectivity index (χ3n) is 6.79. The van der Waals surface area contributed by atoms with Crippen LogP contribution in [0, 0.1) is 0 Å². The van der Waals surface area contributed by atoms with Gasteiger partial charge in [-0.3, -0.25) is 14.0 Å². The normalized spacial score (nSPS) is 20.9. The number of halogens is 1. The van der Waals surface area contributed by atoms with Gasteiger partial charge < -0.3 is 15.2 Å². The van der Waals surface area contributed by atoms with E-state index in [-0.39, 0.29) is 5.56 Å². The van der Waals surface area contributed by atoms with E-state index in [1.54, 1.807) is 4.57 Å². The molecular weight excluding hydrogens is 414 g/mol. The summed E-state index contributed by atoms with van der Waals surface area (Å²) in [6.07, 6.45) is 6.04. The molecule has 6 rings (SSSR count). The molecule has 1 aromatic carbocycles. The molecule has 2 unspecified atom stereocenters. The van der Waals surface area contributed by atoms with E-state index < -0.39 is 0 Å². The van der Waals surface area contributed by atoms with Crippen LogP contribution in [0.1, 0.15) is 19.8 Å². The van der Waals surface area contributed by atoms with Crippen LogP contribution < -0.4 is 15.8 Å². The highest BCUT2D eigenvalue weighted by molar-refractivity contribution is 6.38. The molecule has 2 saturated heterocycles. The van der Waals surface area contributed by atoms with Crippen LogP contribution in [0.5, 0.6) is 0 Å². The van der Waals surface area contributed by atoms with Gasteiger partial charge in [0, 0.05) is 67.7 Å². The SMILES string of the molecule is CCn1cc2c(Cl)c(-c3c[nH]c4nc(N5C6CCC5CNC6)n(C)c(=O)c34)ccc2n1. The fraction of sp³-hybridized carbons (Fsp3) is 0.409. The van der Waals surface area contributed by atoms with Gasteiger partial charge in [0.1, 0.15) is 5.65 Å². The molecule has 31 heavy (non-hydrogen) atoms. The topological polar surface area (TPSA) is 83.8 Å². The Kier molecular flexibility index (Phi) is 4.16. The molecule has 8 nitrogen and oxygen atoms in total. The lowest BCUT2D eigenvalue weighted by atomic mass is 10.0. The Morgan fingerprint density at radius 2 is 1.97 bits per heavy atom. The summed E-state index contributed by atoms with van der Waals surface area (Å²) < 4.78 is 3.56. The first-order chi connectivity index (χ1) is 15.1. The monoisotopic (exact) mass is 437 g/mol. The molecule has 4 aromatic rings. The number of fused-ring (bicyclic) bond motifs is 4. The van der Waals surface area contributed by atoms with Gasteiger partial charge in [-0.2, -0.15) is 10.1 Å². The maximum absolute atomic E-state index is 13.5. The first-order valence-electron chi connectivity index (χ1n) is 10.8. The lowest BCUT2D eigenvalue weighted by molar-refractivity contribution is 0.470. The Bertz CT molecular complexity index is 1370. The van der Waals surface area contributed by atoms with Crippen LogP contribution in [-0.2, 0) is 13.6 Å². The van der Waals surface area contributed by atoms with Gasteiger partial charge in [-0.1, -0.05) is 17.7 Å². The molecule has 0 spiro atoms. The molecule has 2 fully saturated rings. The predicted octanol–water partition coefficient (Wildman–Crippen LogP) is 2.89. The van der Waals surface area contributed by atoms with Gasteiger partial charge in [0.25, 0.3) is 5.56 Å². The number of nitrogens with one attached hydrogen (secondary N) is 2. The number of rotatable bonds is 3. The molecule has 0 radical (unpaired) electrons. The van der Waals surface area contributed by atoms with Gasteiger partial charge in [-0.05, 0) is 25.8 Å². The quantitative estimate of drug-likeness (QED) is 0.515. The van der Waals surface area contributed by atoms with Gasteiger partial charge >= 0.3 is 0 Å². The van der Waals surface area contributed by atoms with Crippen molar-refractivity contribution in [1.82, 2.24) is 29.6 Å². The number of anilines is 1. The van der Waals surface area contributed by atoms with E-state index in [1.165, 1.54) is 0 Å². The molecule has 2 aliphatic heterocycles. The summed E-state index contributed by atoms with van der Waals surface area (Å²) in [5.74, 6) is 0.741. The summed E-state index contributed by atoms with van der Waals surface area (Å²) in [6.45, 7) is 4.68. The molecule has 3 aromatic heterocycles. The van der Waals surface area contributed by atoms with Gasteiger partial charge in [-0.15, -0.1) is 0 Å². The van der Waals surface area contributed by atoms with Gasteiger partial charge in [-0.25, -0.2) is 0 Å². The van der Waals surface area contributed by atoms with Crippen LogP contribution in [-0.4, -0.2) is 49.5 Å². The van der Waals surface area contributed by atoms with E-state index in [4.69, 9.17) is 16.6 Å². The summed E-state index contributed by atoms with van der Waals surface area (Å²) in [4.78, 5) is 24.0.